The summed E-state index contributed by atoms with van der Waals surface area (Å²) >= 11 is 0. The first-order valence-corrected chi connectivity index (χ1v) is 7.43. The molecule has 2 amide bonds. The Bertz CT molecular complexity index is 351. The number of rotatable bonds is 6. The van der Waals surface area contributed by atoms with Gasteiger partial charge in [0.1, 0.15) is 6.04 Å². The van der Waals surface area contributed by atoms with E-state index in [1.165, 1.54) is 12.8 Å². The second-order valence-electron chi connectivity index (χ2n) is 5.50. The SMILES string of the molecule is CCN(CC)C(=O)C(C)N1CCC(NC2CC2)C1=O. The topological polar surface area (TPSA) is 52.7 Å². The zero-order valence-electron chi connectivity index (χ0n) is 12.2. The van der Waals surface area contributed by atoms with Gasteiger partial charge in [-0.25, -0.2) is 0 Å². The Morgan fingerprint density at radius 2 is 2.00 bits per heavy atom. The minimum Gasteiger partial charge on any atom is -0.341 e. The van der Waals surface area contributed by atoms with E-state index < -0.39 is 0 Å². The van der Waals surface area contributed by atoms with Crippen molar-refractivity contribution in [1.82, 2.24) is 15.1 Å². The van der Waals surface area contributed by atoms with Crippen molar-refractivity contribution in [2.24, 2.45) is 0 Å². The summed E-state index contributed by atoms with van der Waals surface area (Å²) in [5.74, 6) is 0.158. The number of hydrogen-bond acceptors (Lipinski definition) is 3. The molecule has 0 aromatic heterocycles. The number of nitrogens with zero attached hydrogens (tertiary/aromatic N) is 2. The Hall–Kier alpha value is -1.10. The molecule has 1 saturated heterocycles. The predicted octanol–water partition coefficient (Wildman–Crippen LogP) is 0.596. The Labute approximate surface area is 115 Å². The van der Waals surface area contributed by atoms with Crippen LogP contribution in [0.5, 0.6) is 0 Å². The third kappa shape index (κ3) is 3.08. The van der Waals surface area contributed by atoms with E-state index in [0.717, 1.165) is 6.42 Å². The van der Waals surface area contributed by atoms with Crippen LogP contribution in [0, 0.1) is 0 Å². The van der Waals surface area contributed by atoms with Crippen molar-refractivity contribution in [3.63, 3.8) is 0 Å². The molecule has 1 N–H and O–H groups in total. The molecule has 108 valence electrons. The molecule has 1 aliphatic heterocycles. The fourth-order valence-electron chi connectivity index (χ4n) is 2.71. The molecular weight excluding hydrogens is 242 g/mol. The van der Waals surface area contributed by atoms with Gasteiger partial charge in [-0.2, -0.15) is 0 Å². The molecule has 0 spiro atoms. The third-order valence-electron chi connectivity index (χ3n) is 4.15. The van der Waals surface area contributed by atoms with Crippen molar-refractivity contribution >= 4 is 11.8 Å². The van der Waals surface area contributed by atoms with Gasteiger partial charge in [0.15, 0.2) is 0 Å². The first-order chi connectivity index (χ1) is 9.08. The quantitative estimate of drug-likeness (QED) is 0.766. The number of nitrogens with one attached hydrogen (secondary N) is 1. The molecule has 2 rings (SSSR count). The van der Waals surface area contributed by atoms with E-state index in [1.807, 2.05) is 20.8 Å². The van der Waals surface area contributed by atoms with Gasteiger partial charge in [0.25, 0.3) is 0 Å². The van der Waals surface area contributed by atoms with Crippen molar-refractivity contribution in [2.75, 3.05) is 19.6 Å². The summed E-state index contributed by atoms with van der Waals surface area (Å²) in [5, 5.41) is 3.37. The van der Waals surface area contributed by atoms with Crippen LogP contribution < -0.4 is 5.32 Å². The molecule has 2 atom stereocenters. The van der Waals surface area contributed by atoms with Gasteiger partial charge < -0.3 is 15.1 Å². The largest absolute Gasteiger partial charge is 0.341 e. The fraction of sp³-hybridized carbons (Fsp3) is 0.857. The molecular formula is C14H25N3O2. The van der Waals surface area contributed by atoms with Gasteiger partial charge in [-0.05, 0) is 40.0 Å². The molecule has 1 aliphatic carbocycles. The van der Waals surface area contributed by atoms with Gasteiger partial charge in [0.05, 0.1) is 6.04 Å². The van der Waals surface area contributed by atoms with E-state index in [9.17, 15) is 9.59 Å². The smallest absolute Gasteiger partial charge is 0.245 e. The molecule has 0 aromatic carbocycles. The number of likely N-dealkylation sites (N-methyl/N-ethyl adjacent to an activating group) is 1. The van der Waals surface area contributed by atoms with Crippen LogP contribution in [0.2, 0.25) is 0 Å². The van der Waals surface area contributed by atoms with Crippen molar-refractivity contribution < 1.29 is 9.59 Å². The van der Waals surface area contributed by atoms with Crippen LogP contribution in [-0.4, -0.2) is 59.4 Å². The van der Waals surface area contributed by atoms with Crippen molar-refractivity contribution in [3.05, 3.63) is 0 Å². The highest BCUT2D eigenvalue weighted by Gasteiger charge is 2.39. The van der Waals surface area contributed by atoms with Crippen molar-refractivity contribution in [1.29, 1.82) is 0 Å². The van der Waals surface area contributed by atoms with Gasteiger partial charge in [-0.1, -0.05) is 0 Å². The average molecular weight is 267 g/mol. The summed E-state index contributed by atoms with van der Waals surface area (Å²) in [6, 6.07) is 0.126. The molecule has 2 unspecified atom stereocenters. The molecule has 5 heteroatoms. The zero-order valence-corrected chi connectivity index (χ0v) is 12.2. The van der Waals surface area contributed by atoms with E-state index in [0.29, 0.717) is 25.7 Å². The third-order valence-corrected chi connectivity index (χ3v) is 4.15. The van der Waals surface area contributed by atoms with Crippen molar-refractivity contribution in [2.45, 2.75) is 58.2 Å². The minimum atomic E-state index is -0.335. The molecule has 1 heterocycles. The lowest BCUT2D eigenvalue weighted by Gasteiger charge is -2.29. The van der Waals surface area contributed by atoms with E-state index in [-0.39, 0.29) is 23.9 Å². The molecule has 1 saturated carbocycles. The van der Waals surface area contributed by atoms with E-state index in [2.05, 4.69) is 5.32 Å². The number of likely N-dealkylation sites (tertiary alicyclic amines) is 1. The number of carbonyl (C=O) groups excluding carboxylic acids is 2. The standard InChI is InChI=1S/C14H25N3O2/c1-4-16(5-2)13(18)10(3)17-9-8-12(14(17)19)15-11-6-7-11/h10-12,15H,4-9H2,1-3H3. The molecule has 5 nitrogen and oxygen atoms in total. The van der Waals surface area contributed by atoms with Crippen LogP contribution in [-0.2, 0) is 9.59 Å². The van der Waals surface area contributed by atoms with Crippen LogP contribution >= 0.6 is 0 Å². The Kier molecular flexibility index (Phi) is 4.45. The van der Waals surface area contributed by atoms with Gasteiger partial charge >= 0.3 is 0 Å². The van der Waals surface area contributed by atoms with Gasteiger partial charge in [0.2, 0.25) is 11.8 Å². The van der Waals surface area contributed by atoms with Crippen LogP contribution in [0.15, 0.2) is 0 Å². The summed E-state index contributed by atoms with van der Waals surface area (Å²) in [6.07, 6.45) is 3.18. The lowest BCUT2D eigenvalue weighted by atomic mass is 10.2. The lowest BCUT2D eigenvalue weighted by molar-refractivity contribution is -0.143. The fourth-order valence-corrected chi connectivity index (χ4v) is 2.71. The summed E-state index contributed by atoms with van der Waals surface area (Å²) in [6.45, 7) is 7.88. The lowest BCUT2D eigenvalue weighted by Crippen LogP contribution is -2.49. The second kappa shape index (κ2) is 5.90. The second-order valence-corrected chi connectivity index (χ2v) is 5.50. The molecule has 2 aliphatic rings. The average Bonchev–Trinajstić information content (AvgIpc) is 3.15. The summed E-state index contributed by atoms with van der Waals surface area (Å²) in [4.78, 5) is 28.1. The monoisotopic (exact) mass is 267 g/mol. The molecule has 2 fully saturated rings. The molecule has 0 bridgehead atoms. The van der Waals surface area contributed by atoms with Gasteiger partial charge in [-0.15, -0.1) is 0 Å². The number of hydrogen-bond donors (Lipinski definition) is 1. The van der Waals surface area contributed by atoms with E-state index in [1.54, 1.807) is 9.80 Å². The normalized spacial score (nSPS) is 24.7. The minimum absolute atomic E-state index is 0.0606. The highest BCUT2D eigenvalue weighted by Crippen LogP contribution is 2.23. The van der Waals surface area contributed by atoms with Crippen LogP contribution in [0.3, 0.4) is 0 Å². The van der Waals surface area contributed by atoms with Gasteiger partial charge in [0, 0.05) is 25.7 Å². The highest BCUT2D eigenvalue weighted by molar-refractivity contribution is 5.91. The van der Waals surface area contributed by atoms with Crippen LogP contribution in [0.1, 0.15) is 40.0 Å². The Morgan fingerprint density at radius 3 is 2.53 bits per heavy atom. The molecule has 0 radical (unpaired) electrons. The highest BCUT2D eigenvalue weighted by atomic mass is 16.2. The Balaban J connectivity index is 1.93. The van der Waals surface area contributed by atoms with Crippen molar-refractivity contribution in [3.8, 4) is 0 Å². The van der Waals surface area contributed by atoms with E-state index >= 15 is 0 Å². The summed E-state index contributed by atoms with van der Waals surface area (Å²) in [5.41, 5.74) is 0. The summed E-state index contributed by atoms with van der Waals surface area (Å²) in [7, 11) is 0. The van der Waals surface area contributed by atoms with Gasteiger partial charge in [-0.3, -0.25) is 9.59 Å². The maximum atomic E-state index is 12.3. The van der Waals surface area contributed by atoms with Crippen LogP contribution in [0.4, 0.5) is 0 Å². The first-order valence-electron chi connectivity index (χ1n) is 7.43. The summed E-state index contributed by atoms with van der Waals surface area (Å²) < 4.78 is 0. The zero-order chi connectivity index (χ0) is 14.0. The Morgan fingerprint density at radius 1 is 1.37 bits per heavy atom. The predicted molar refractivity (Wildman–Crippen MR) is 73.7 cm³/mol. The van der Waals surface area contributed by atoms with Crippen LogP contribution in [0.25, 0.3) is 0 Å². The number of amides is 2. The maximum Gasteiger partial charge on any atom is 0.245 e. The van der Waals surface area contributed by atoms with E-state index in [4.69, 9.17) is 0 Å². The molecule has 0 aromatic rings. The number of carbonyl (C=O) groups is 2. The maximum absolute atomic E-state index is 12.3. The first kappa shape index (κ1) is 14.3. The molecule has 19 heavy (non-hydrogen) atoms.